The summed E-state index contributed by atoms with van der Waals surface area (Å²) >= 11 is 5.48. The zero-order valence-corrected chi connectivity index (χ0v) is 7.28. The predicted octanol–water partition coefficient (Wildman–Crippen LogP) is 1.39. The lowest BCUT2D eigenvalue weighted by molar-refractivity contribution is -0.135. The van der Waals surface area contributed by atoms with Crippen LogP contribution in [0.15, 0.2) is 18.3 Å². The summed E-state index contributed by atoms with van der Waals surface area (Å²) < 4.78 is 0. The Morgan fingerprint density at radius 1 is 1.46 bits per heavy atom. The smallest absolute Gasteiger partial charge is 0.311 e. The van der Waals surface area contributed by atoms with Crippen molar-refractivity contribution in [1.29, 1.82) is 0 Å². The van der Waals surface area contributed by atoms with Crippen LogP contribution in [-0.2, 0) is 4.79 Å². The van der Waals surface area contributed by atoms with Gasteiger partial charge in [0, 0.05) is 11.8 Å². The number of carboxylic acid groups (broad SMARTS) is 1. The van der Waals surface area contributed by atoms with Gasteiger partial charge in [0.2, 0.25) is 0 Å². The number of Topliss-reactive ketones (excluding diaryl/α,β-unsaturated/α-hetero) is 1. The largest absolute Gasteiger partial charge is 0.481 e. The van der Waals surface area contributed by atoms with Gasteiger partial charge in [-0.05, 0) is 12.1 Å². The average molecular weight is 200 g/mol. The molecule has 0 unspecified atom stereocenters. The van der Waals surface area contributed by atoms with Crippen molar-refractivity contribution in [1.82, 2.24) is 4.98 Å². The van der Waals surface area contributed by atoms with Gasteiger partial charge in [-0.25, -0.2) is 4.98 Å². The number of rotatable bonds is 3. The molecule has 0 amide bonds. The van der Waals surface area contributed by atoms with E-state index in [0.29, 0.717) is 0 Å². The minimum atomic E-state index is -1.15. The maximum Gasteiger partial charge on any atom is 0.311 e. The molecule has 1 aromatic heterocycles. The van der Waals surface area contributed by atoms with Gasteiger partial charge in [0.1, 0.15) is 11.6 Å². The van der Waals surface area contributed by atoms with Crippen molar-refractivity contribution in [3.63, 3.8) is 0 Å². The Labute approximate surface area is 79.2 Å². The number of nitrogens with zero attached hydrogens (tertiary/aromatic N) is 1. The molecule has 0 saturated carbocycles. The van der Waals surface area contributed by atoms with E-state index in [0.717, 1.165) is 0 Å². The van der Waals surface area contributed by atoms with E-state index in [-0.39, 0.29) is 10.7 Å². The fourth-order valence-corrected chi connectivity index (χ4v) is 0.892. The van der Waals surface area contributed by atoms with Crippen LogP contribution in [0.2, 0.25) is 5.15 Å². The highest BCUT2D eigenvalue weighted by molar-refractivity contribution is 6.29. The monoisotopic (exact) mass is 199 g/mol. The third-order valence-electron chi connectivity index (χ3n) is 1.36. The quantitative estimate of drug-likeness (QED) is 0.454. The van der Waals surface area contributed by atoms with Crippen LogP contribution in [-0.4, -0.2) is 21.8 Å². The first-order valence-corrected chi connectivity index (χ1v) is 3.84. The molecule has 1 N–H and O–H groups in total. The van der Waals surface area contributed by atoms with E-state index in [1.807, 2.05) is 0 Å². The van der Waals surface area contributed by atoms with Crippen molar-refractivity contribution < 1.29 is 14.7 Å². The molecule has 1 aromatic rings. The molecule has 0 aromatic carbocycles. The van der Waals surface area contributed by atoms with Crippen LogP contribution in [0, 0.1) is 0 Å². The van der Waals surface area contributed by atoms with Crippen LogP contribution >= 0.6 is 11.6 Å². The first-order chi connectivity index (χ1) is 6.09. The van der Waals surface area contributed by atoms with Gasteiger partial charge in [-0.15, -0.1) is 0 Å². The van der Waals surface area contributed by atoms with E-state index in [1.54, 1.807) is 0 Å². The highest BCUT2D eigenvalue weighted by Crippen LogP contribution is 2.07. The molecule has 1 heterocycles. The normalized spacial score (nSPS) is 9.62. The average Bonchev–Trinajstić information content (AvgIpc) is 2.04. The molecule has 4 nitrogen and oxygen atoms in total. The fraction of sp³-hybridized carbons (Fsp3) is 0.125. The summed E-state index contributed by atoms with van der Waals surface area (Å²) in [6.45, 7) is 0. The molecule has 0 atom stereocenters. The van der Waals surface area contributed by atoms with Crippen molar-refractivity contribution in [2.75, 3.05) is 0 Å². The lowest BCUT2D eigenvalue weighted by Crippen LogP contribution is -2.07. The van der Waals surface area contributed by atoms with E-state index in [2.05, 4.69) is 4.98 Å². The van der Waals surface area contributed by atoms with Gasteiger partial charge in [0.15, 0.2) is 5.78 Å². The van der Waals surface area contributed by atoms with Gasteiger partial charge < -0.3 is 5.11 Å². The molecule has 13 heavy (non-hydrogen) atoms. The van der Waals surface area contributed by atoms with Crippen molar-refractivity contribution in [2.24, 2.45) is 0 Å². The van der Waals surface area contributed by atoms with E-state index in [4.69, 9.17) is 16.7 Å². The molecular weight excluding hydrogens is 194 g/mol. The Kier molecular flexibility index (Phi) is 2.97. The summed E-state index contributed by atoms with van der Waals surface area (Å²) in [5, 5.41) is 8.60. The lowest BCUT2D eigenvalue weighted by Gasteiger charge is -1.96. The molecule has 0 bridgehead atoms. The Bertz CT molecular complexity index is 334. The van der Waals surface area contributed by atoms with Crippen molar-refractivity contribution in [2.45, 2.75) is 6.42 Å². The summed E-state index contributed by atoms with van der Waals surface area (Å²) in [7, 11) is 0. The zero-order valence-electron chi connectivity index (χ0n) is 6.53. The van der Waals surface area contributed by atoms with Crippen LogP contribution in [0.4, 0.5) is 0 Å². The Balaban J connectivity index is 2.78. The second kappa shape index (κ2) is 4.00. The molecule has 0 aliphatic carbocycles. The summed E-state index contributed by atoms with van der Waals surface area (Å²) in [5.74, 6) is -1.63. The number of aromatic nitrogens is 1. The van der Waals surface area contributed by atoms with Crippen LogP contribution in [0.1, 0.15) is 16.8 Å². The Morgan fingerprint density at radius 3 is 2.62 bits per heavy atom. The maximum absolute atomic E-state index is 11.1. The molecule has 0 aliphatic heterocycles. The zero-order chi connectivity index (χ0) is 9.84. The first kappa shape index (κ1) is 9.67. The molecule has 0 aliphatic rings. The molecule has 1 rings (SSSR count). The van der Waals surface area contributed by atoms with Gasteiger partial charge in [0.25, 0.3) is 0 Å². The van der Waals surface area contributed by atoms with Crippen LogP contribution in [0.5, 0.6) is 0 Å². The number of carbonyl (C=O) groups is 2. The maximum atomic E-state index is 11.1. The number of hydrogen-bond donors (Lipinski definition) is 1. The minimum Gasteiger partial charge on any atom is -0.481 e. The summed E-state index contributed by atoms with van der Waals surface area (Å²) in [6, 6.07) is 2.89. The SMILES string of the molecule is O=C(O)CC(=O)c1ccc(Cl)nc1. The Hall–Kier alpha value is -1.42. The van der Waals surface area contributed by atoms with Crippen molar-refractivity contribution in [3.05, 3.63) is 29.0 Å². The van der Waals surface area contributed by atoms with E-state index < -0.39 is 18.2 Å². The molecule has 5 heteroatoms. The molecule has 0 saturated heterocycles. The molecular formula is C8H6ClNO3. The number of hydrogen-bond acceptors (Lipinski definition) is 3. The van der Waals surface area contributed by atoms with Gasteiger partial charge in [-0.3, -0.25) is 9.59 Å². The molecule has 68 valence electrons. The van der Waals surface area contributed by atoms with Crippen molar-refractivity contribution in [3.8, 4) is 0 Å². The van der Waals surface area contributed by atoms with Crippen LogP contribution in [0.25, 0.3) is 0 Å². The van der Waals surface area contributed by atoms with Gasteiger partial charge in [-0.2, -0.15) is 0 Å². The first-order valence-electron chi connectivity index (χ1n) is 3.46. The number of ketones is 1. The van der Waals surface area contributed by atoms with E-state index in [1.165, 1.54) is 18.3 Å². The van der Waals surface area contributed by atoms with E-state index >= 15 is 0 Å². The summed E-state index contributed by atoms with van der Waals surface area (Å²) in [5.41, 5.74) is 0.256. The van der Waals surface area contributed by atoms with Gasteiger partial charge in [-0.1, -0.05) is 11.6 Å². The highest BCUT2D eigenvalue weighted by atomic mass is 35.5. The van der Waals surface area contributed by atoms with Crippen molar-refractivity contribution >= 4 is 23.4 Å². The molecule has 0 fully saturated rings. The third-order valence-corrected chi connectivity index (χ3v) is 1.58. The van der Waals surface area contributed by atoms with Crippen LogP contribution < -0.4 is 0 Å². The minimum absolute atomic E-state index is 0.256. The summed E-state index contributed by atoms with van der Waals surface area (Å²) in [6.07, 6.45) is 0.733. The number of carboxylic acids is 1. The lowest BCUT2D eigenvalue weighted by atomic mass is 10.1. The molecule has 0 radical (unpaired) electrons. The van der Waals surface area contributed by atoms with Gasteiger partial charge in [0.05, 0.1) is 0 Å². The standard InChI is InChI=1S/C8H6ClNO3/c9-7-2-1-5(4-10-7)6(11)3-8(12)13/h1-2,4H,3H2,(H,12,13). The number of carbonyl (C=O) groups excluding carboxylic acids is 1. The number of halogens is 1. The number of aliphatic carboxylic acids is 1. The van der Waals surface area contributed by atoms with Crippen LogP contribution in [0.3, 0.4) is 0 Å². The highest BCUT2D eigenvalue weighted by Gasteiger charge is 2.10. The Morgan fingerprint density at radius 2 is 2.15 bits per heavy atom. The second-order valence-corrected chi connectivity index (χ2v) is 2.75. The fourth-order valence-electron chi connectivity index (χ4n) is 0.780. The van der Waals surface area contributed by atoms with E-state index in [9.17, 15) is 9.59 Å². The second-order valence-electron chi connectivity index (χ2n) is 2.36. The van der Waals surface area contributed by atoms with Gasteiger partial charge >= 0.3 is 5.97 Å². The topological polar surface area (TPSA) is 67.3 Å². The molecule has 0 spiro atoms. The predicted molar refractivity (Wildman–Crippen MR) is 45.8 cm³/mol. The summed E-state index contributed by atoms with van der Waals surface area (Å²) in [4.78, 5) is 24.9. The third kappa shape index (κ3) is 2.83. The number of pyridine rings is 1.